The van der Waals surface area contributed by atoms with Crippen LogP contribution in [0, 0.1) is 17.0 Å². The molecule has 1 aromatic rings. The number of aromatic nitrogens is 2. The van der Waals surface area contributed by atoms with E-state index in [4.69, 9.17) is 0 Å². The summed E-state index contributed by atoms with van der Waals surface area (Å²) in [5.74, 6) is 1.27. The molecule has 0 saturated carbocycles. The number of imidazole rings is 1. The Morgan fingerprint density at radius 1 is 1.60 bits per heavy atom. The number of nitrogens with zero attached hydrogens (tertiary/aromatic N) is 4. The highest BCUT2D eigenvalue weighted by Gasteiger charge is 2.29. The zero-order valence-electron chi connectivity index (χ0n) is 12.4. The number of nitrogens with one attached hydrogen (secondary N) is 1. The maximum absolute atomic E-state index is 11.2. The van der Waals surface area contributed by atoms with Gasteiger partial charge in [0.15, 0.2) is 0 Å². The average molecular weight is 281 g/mol. The zero-order valence-corrected chi connectivity index (χ0v) is 12.4. The summed E-state index contributed by atoms with van der Waals surface area (Å²) in [6, 6.07) is 0.413. The van der Waals surface area contributed by atoms with E-state index in [1.54, 1.807) is 6.92 Å². The highest BCUT2D eigenvalue weighted by atomic mass is 16.6. The van der Waals surface area contributed by atoms with Gasteiger partial charge < -0.3 is 20.3 Å². The smallest absolute Gasteiger partial charge is 0.358 e. The second-order valence-corrected chi connectivity index (χ2v) is 5.36. The predicted molar refractivity (Wildman–Crippen MR) is 78.1 cm³/mol. The maximum Gasteiger partial charge on any atom is 0.406 e. The van der Waals surface area contributed by atoms with Crippen LogP contribution in [0.3, 0.4) is 0 Å². The molecule has 0 spiro atoms. The quantitative estimate of drug-likeness (QED) is 0.633. The van der Waals surface area contributed by atoms with E-state index in [1.165, 1.54) is 6.42 Å². The molecule has 0 bridgehead atoms. The van der Waals surface area contributed by atoms with Gasteiger partial charge in [0.25, 0.3) is 0 Å². The number of anilines is 1. The van der Waals surface area contributed by atoms with Gasteiger partial charge in [0.05, 0.1) is 0 Å². The molecule has 112 valence electrons. The largest absolute Gasteiger partial charge is 0.406 e. The Kier molecular flexibility index (Phi) is 4.59. The molecule has 1 N–H and O–H groups in total. The second-order valence-electron chi connectivity index (χ2n) is 5.36. The lowest BCUT2D eigenvalue weighted by Gasteiger charge is -2.26. The monoisotopic (exact) mass is 281 g/mol. The van der Waals surface area contributed by atoms with Crippen LogP contribution in [0.15, 0.2) is 0 Å². The minimum absolute atomic E-state index is 0.0311. The molecule has 20 heavy (non-hydrogen) atoms. The van der Waals surface area contributed by atoms with Gasteiger partial charge in [-0.3, -0.25) is 4.57 Å². The Balaban J connectivity index is 2.29. The number of hydrogen-bond donors (Lipinski definition) is 1. The van der Waals surface area contributed by atoms with Crippen molar-refractivity contribution in [2.45, 2.75) is 39.2 Å². The molecule has 0 radical (unpaired) electrons. The van der Waals surface area contributed by atoms with Crippen LogP contribution >= 0.6 is 0 Å². The van der Waals surface area contributed by atoms with Crippen LogP contribution in [0.2, 0.25) is 0 Å². The molecular weight excluding hydrogens is 258 g/mol. The van der Waals surface area contributed by atoms with Crippen LogP contribution in [0.5, 0.6) is 0 Å². The fourth-order valence-corrected chi connectivity index (χ4v) is 2.79. The first-order valence-corrected chi connectivity index (χ1v) is 7.20. The number of hydrogen-bond acceptors (Lipinski definition) is 5. The highest BCUT2D eigenvalue weighted by molar-refractivity contribution is 5.56. The minimum atomic E-state index is -0.382. The van der Waals surface area contributed by atoms with Crippen LogP contribution in [0.25, 0.3) is 0 Å². The molecule has 1 unspecified atom stereocenters. The first kappa shape index (κ1) is 14.8. The lowest BCUT2D eigenvalue weighted by molar-refractivity contribution is -0.388. The lowest BCUT2D eigenvalue weighted by Crippen LogP contribution is -2.39. The molecule has 0 aliphatic carbocycles. The molecule has 0 amide bonds. The van der Waals surface area contributed by atoms with Gasteiger partial charge in [-0.05, 0) is 35.7 Å². The molecule has 1 saturated heterocycles. The van der Waals surface area contributed by atoms with Gasteiger partial charge in [0.2, 0.25) is 11.6 Å². The fourth-order valence-electron chi connectivity index (χ4n) is 2.79. The van der Waals surface area contributed by atoms with E-state index >= 15 is 0 Å². The van der Waals surface area contributed by atoms with Crippen molar-refractivity contribution < 1.29 is 4.92 Å². The fraction of sp³-hybridized carbons (Fsp3) is 0.769. The molecule has 1 aromatic heterocycles. The first-order chi connectivity index (χ1) is 9.54. The van der Waals surface area contributed by atoms with Gasteiger partial charge in [-0.2, -0.15) is 0 Å². The van der Waals surface area contributed by atoms with Gasteiger partial charge in [-0.25, -0.2) is 0 Å². The van der Waals surface area contributed by atoms with Crippen molar-refractivity contribution in [2.24, 2.45) is 7.05 Å². The molecule has 2 heterocycles. The molecule has 1 aliphatic rings. The van der Waals surface area contributed by atoms with Crippen LogP contribution < -0.4 is 10.2 Å². The molecule has 0 aromatic carbocycles. The molecule has 7 heteroatoms. The SMILES string of the molecule is CCCN(CC1CCCN1)c1c([N+](=O)[O-])nc(C)n1C. The Morgan fingerprint density at radius 3 is 2.90 bits per heavy atom. The number of nitro groups is 1. The maximum atomic E-state index is 11.2. The average Bonchev–Trinajstić information content (AvgIpc) is 2.99. The Labute approximate surface area is 119 Å². The molecule has 1 fully saturated rings. The normalized spacial score (nSPS) is 18.4. The standard InChI is InChI=1S/C13H23N5O2/c1-4-8-17(9-11-6-5-7-14-11)13-12(18(19)20)15-10(2)16(13)3/h11,14H,4-9H2,1-3H3. The summed E-state index contributed by atoms with van der Waals surface area (Å²) >= 11 is 0. The van der Waals surface area contributed by atoms with E-state index in [0.717, 1.165) is 32.5 Å². The van der Waals surface area contributed by atoms with E-state index in [1.807, 2.05) is 11.6 Å². The molecule has 7 nitrogen and oxygen atoms in total. The number of rotatable bonds is 6. The van der Waals surface area contributed by atoms with Crippen LogP contribution in [0.1, 0.15) is 32.0 Å². The highest BCUT2D eigenvalue weighted by Crippen LogP contribution is 2.28. The molecule has 2 rings (SSSR count). The third-order valence-electron chi connectivity index (χ3n) is 3.84. The van der Waals surface area contributed by atoms with E-state index in [-0.39, 0.29) is 10.7 Å². The molecule has 1 aliphatic heterocycles. The summed E-state index contributed by atoms with van der Waals surface area (Å²) < 4.78 is 1.82. The van der Waals surface area contributed by atoms with E-state index < -0.39 is 0 Å². The van der Waals surface area contributed by atoms with Crippen molar-refractivity contribution in [3.05, 3.63) is 15.9 Å². The van der Waals surface area contributed by atoms with Crippen molar-refractivity contribution in [3.63, 3.8) is 0 Å². The Morgan fingerprint density at radius 2 is 2.35 bits per heavy atom. The molecule has 1 atom stereocenters. The third kappa shape index (κ3) is 2.92. The van der Waals surface area contributed by atoms with Crippen LogP contribution in [-0.2, 0) is 7.05 Å². The Bertz CT molecular complexity index is 479. The van der Waals surface area contributed by atoms with E-state index in [0.29, 0.717) is 17.7 Å². The summed E-state index contributed by atoms with van der Waals surface area (Å²) in [7, 11) is 1.84. The van der Waals surface area contributed by atoms with Crippen molar-refractivity contribution in [2.75, 3.05) is 24.5 Å². The van der Waals surface area contributed by atoms with Crippen molar-refractivity contribution in [3.8, 4) is 0 Å². The summed E-state index contributed by atoms with van der Waals surface area (Å²) in [5.41, 5.74) is 0. The minimum Gasteiger partial charge on any atom is -0.358 e. The van der Waals surface area contributed by atoms with Gasteiger partial charge in [-0.1, -0.05) is 6.92 Å². The summed E-state index contributed by atoms with van der Waals surface area (Å²) in [4.78, 5) is 17.0. The van der Waals surface area contributed by atoms with E-state index in [2.05, 4.69) is 22.1 Å². The third-order valence-corrected chi connectivity index (χ3v) is 3.84. The second kappa shape index (κ2) is 6.21. The van der Waals surface area contributed by atoms with Crippen LogP contribution in [-0.4, -0.2) is 40.2 Å². The topological polar surface area (TPSA) is 76.2 Å². The molecular formula is C13H23N5O2. The van der Waals surface area contributed by atoms with Gasteiger partial charge in [-0.15, -0.1) is 0 Å². The van der Waals surface area contributed by atoms with Gasteiger partial charge in [0.1, 0.15) is 0 Å². The van der Waals surface area contributed by atoms with Crippen molar-refractivity contribution >= 4 is 11.6 Å². The van der Waals surface area contributed by atoms with Crippen molar-refractivity contribution in [1.29, 1.82) is 0 Å². The van der Waals surface area contributed by atoms with Crippen molar-refractivity contribution in [1.82, 2.24) is 14.9 Å². The predicted octanol–water partition coefficient (Wildman–Crippen LogP) is 1.61. The zero-order chi connectivity index (χ0) is 14.7. The van der Waals surface area contributed by atoms with Gasteiger partial charge >= 0.3 is 5.82 Å². The van der Waals surface area contributed by atoms with E-state index in [9.17, 15) is 10.1 Å². The summed E-state index contributed by atoms with van der Waals surface area (Å²) in [6.07, 6.45) is 3.26. The summed E-state index contributed by atoms with van der Waals surface area (Å²) in [5, 5.41) is 14.7. The lowest BCUT2D eigenvalue weighted by atomic mass is 10.2. The van der Waals surface area contributed by atoms with Crippen LogP contribution in [0.4, 0.5) is 11.6 Å². The Hall–Kier alpha value is -1.63. The van der Waals surface area contributed by atoms with Gasteiger partial charge in [0, 0.05) is 33.1 Å². The number of aryl methyl sites for hydroxylation is 1. The first-order valence-electron chi connectivity index (χ1n) is 7.20. The summed E-state index contributed by atoms with van der Waals surface area (Å²) in [6.45, 7) is 6.53.